The highest BCUT2D eigenvalue weighted by molar-refractivity contribution is 6.33. The van der Waals surface area contributed by atoms with Crippen LogP contribution in [0.25, 0.3) is 0 Å². The van der Waals surface area contributed by atoms with Gasteiger partial charge in [-0.05, 0) is 18.9 Å². The predicted octanol–water partition coefficient (Wildman–Crippen LogP) is 1.24. The molecule has 1 aromatic carbocycles. The molecule has 0 spiro atoms. The van der Waals surface area contributed by atoms with Crippen LogP contribution in [0.5, 0.6) is 0 Å². The van der Waals surface area contributed by atoms with Gasteiger partial charge in [-0.1, -0.05) is 36.9 Å². The largest absolute Gasteiger partial charge is 0.385 e. The van der Waals surface area contributed by atoms with E-state index in [0.29, 0.717) is 18.4 Å². The van der Waals surface area contributed by atoms with Gasteiger partial charge in [0.25, 0.3) is 0 Å². The van der Waals surface area contributed by atoms with Crippen LogP contribution in [0.1, 0.15) is 37.7 Å². The number of aliphatic hydroxyl groups is 1. The monoisotopic (exact) mass is 206 g/mol. The summed E-state index contributed by atoms with van der Waals surface area (Å²) in [5.41, 5.74) is 0.456. The second kappa shape index (κ2) is 3.97. The number of halogens is 1. The van der Waals surface area contributed by atoms with Crippen molar-refractivity contribution in [2.45, 2.75) is 37.7 Å². The molecule has 3 heteroatoms. The Balaban J connectivity index is 2.42. The minimum atomic E-state index is -0.923. The number of hydrogen-bond acceptors (Lipinski definition) is 1. The van der Waals surface area contributed by atoms with E-state index in [-0.39, 0.29) is 5.82 Å². The van der Waals surface area contributed by atoms with Crippen LogP contribution in [0, 0.1) is 5.82 Å². The first-order valence-electron chi connectivity index (χ1n) is 5.61. The van der Waals surface area contributed by atoms with Crippen LogP contribution in [-0.2, 0) is 5.60 Å². The highest BCUT2D eigenvalue weighted by Crippen LogP contribution is 2.36. The van der Waals surface area contributed by atoms with Crippen LogP contribution in [0.3, 0.4) is 0 Å². The average molecular weight is 206 g/mol. The first-order chi connectivity index (χ1) is 7.13. The van der Waals surface area contributed by atoms with E-state index in [9.17, 15) is 9.50 Å². The van der Waals surface area contributed by atoms with E-state index in [4.69, 9.17) is 0 Å². The van der Waals surface area contributed by atoms with Crippen molar-refractivity contribution >= 4 is 13.3 Å². The summed E-state index contributed by atoms with van der Waals surface area (Å²) in [5, 5.41) is 10.5. The van der Waals surface area contributed by atoms with E-state index in [1.165, 1.54) is 6.07 Å². The van der Waals surface area contributed by atoms with E-state index in [1.54, 1.807) is 6.07 Å². The molecule has 0 radical (unpaired) electrons. The van der Waals surface area contributed by atoms with Crippen LogP contribution in [0.4, 0.5) is 4.39 Å². The summed E-state index contributed by atoms with van der Waals surface area (Å²) in [4.78, 5) is 0. The summed E-state index contributed by atoms with van der Waals surface area (Å²) < 4.78 is 13.7. The van der Waals surface area contributed by atoms with E-state index in [2.05, 4.69) is 0 Å². The summed E-state index contributed by atoms with van der Waals surface area (Å²) >= 11 is 0. The summed E-state index contributed by atoms with van der Waals surface area (Å²) in [6.07, 6.45) is 4.51. The Labute approximate surface area is 90.7 Å². The van der Waals surface area contributed by atoms with E-state index >= 15 is 0 Å². The third kappa shape index (κ3) is 1.93. The third-order valence-corrected chi connectivity index (χ3v) is 3.37. The molecule has 1 N–H and O–H groups in total. The fourth-order valence-corrected chi connectivity index (χ4v) is 2.61. The van der Waals surface area contributed by atoms with Crippen molar-refractivity contribution in [3.63, 3.8) is 0 Å². The fraction of sp³-hybridized carbons (Fsp3) is 0.500. The first kappa shape index (κ1) is 10.7. The molecule has 0 bridgehead atoms. The lowest BCUT2D eigenvalue weighted by Gasteiger charge is -2.34. The van der Waals surface area contributed by atoms with Gasteiger partial charge in [0.2, 0.25) is 0 Å². The Hall–Kier alpha value is -0.825. The van der Waals surface area contributed by atoms with Crippen molar-refractivity contribution in [3.8, 4) is 0 Å². The molecule has 0 saturated heterocycles. The minimum absolute atomic E-state index is 0.264. The fourth-order valence-electron chi connectivity index (χ4n) is 2.61. The molecule has 0 atom stereocenters. The molecule has 15 heavy (non-hydrogen) atoms. The Morgan fingerprint density at radius 3 is 2.47 bits per heavy atom. The molecule has 1 aliphatic carbocycles. The second-order valence-electron chi connectivity index (χ2n) is 4.52. The first-order valence-corrected chi connectivity index (χ1v) is 5.61. The molecule has 2 rings (SSSR count). The summed E-state index contributed by atoms with van der Waals surface area (Å²) in [7, 11) is 1.87. The van der Waals surface area contributed by atoms with Gasteiger partial charge in [-0.15, -0.1) is 0 Å². The molecule has 0 aromatic heterocycles. The molecule has 1 aromatic rings. The number of benzene rings is 1. The smallest absolute Gasteiger partial charge is 0.139 e. The summed E-state index contributed by atoms with van der Waals surface area (Å²) in [6, 6.07) is 5.00. The van der Waals surface area contributed by atoms with E-state index in [0.717, 1.165) is 24.7 Å². The van der Waals surface area contributed by atoms with Gasteiger partial charge in [-0.25, -0.2) is 4.39 Å². The van der Waals surface area contributed by atoms with Gasteiger partial charge >= 0.3 is 0 Å². The van der Waals surface area contributed by atoms with Crippen LogP contribution < -0.4 is 5.46 Å². The molecule has 1 nitrogen and oxygen atoms in total. The number of rotatable bonds is 1. The SMILES string of the molecule is Bc1cccc(F)c1C1(O)CCCCC1. The normalized spacial score (nSPS) is 20.1. The van der Waals surface area contributed by atoms with Gasteiger partial charge < -0.3 is 5.11 Å². The van der Waals surface area contributed by atoms with E-state index < -0.39 is 5.60 Å². The highest BCUT2D eigenvalue weighted by Gasteiger charge is 2.34. The summed E-state index contributed by atoms with van der Waals surface area (Å²) in [6.45, 7) is 0. The molecule has 1 fully saturated rings. The molecule has 0 unspecified atom stereocenters. The Kier molecular flexibility index (Phi) is 2.83. The topological polar surface area (TPSA) is 20.2 Å². The van der Waals surface area contributed by atoms with Gasteiger partial charge in [-0.2, -0.15) is 0 Å². The summed E-state index contributed by atoms with van der Waals surface area (Å²) in [5.74, 6) is -0.264. The van der Waals surface area contributed by atoms with Crippen molar-refractivity contribution in [1.82, 2.24) is 0 Å². The standard InChI is InChI=1S/C12H16BFO/c13-9-5-4-6-10(14)11(9)12(15)7-2-1-3-8-12/h4-6,15H,1-3,7-8,13H2. The van der Waals surface area contributed by atoms with Crippen molar-refractivity contribution < 1.29 is 9.50 Å². The zero-order chi connectivity index (χ0) is 10.9. The molecular formula is C12H16BFO. The lowest BCUT2D eigenvalue weighted by atomic mass is 9.74. The van der Waals surface area contributed by atoms with Crippen molar-refractivity contribution in [3.05, 3.63) is 29.6 Å². The van der Waals surface area contributed by atoms with Crippen LogP contribution >= 0.6 is 0 Å². The second-order valence-corrected chi connectivity index (χ2v) is 4.52. The minimum Gasteiger partial charge on any atom is -0.385 e. The zero-order valence-corrected chi connectivity index (χ0v) is 9.09. The Bertz CT molecular complexity index is 338. The van der Waals surface area contributed by atoms with Gasteiger partial charge in [0.05, 0.1) is 5.60 Å². The van der Waals surface area contributed by atoms with Gasteiger partial charge in [-0.3, -0.25) is 0 Å². The maximum Gasteiger partial charge on any atom is 0.139 e. The molecule has 0 aliphatic heterocycles. The Morgan fingerprint density at radius 2 is 1.87 bits per heavy atom. The molecule has 80 valence electrons. The zero-order valence-electron chi connectivity index (χ0n) is 9.09. The quantitative estimate of drug-likeness (QED) is 0.685. The van der Waals surface area contributed by atoms with Gasteiger partial charge in [0.15, 0.2) is 0 Å². The van der Waals surface area contributed by atoms with Crippen LogP contribution in [0.2, 0.25) is 0 Å². The van der Waals surface area contributed by atoms with Crippen molar-refractivity contribution in [2.24, 2.45) is 0 Å². The van der Waals surface area contributed by atoms with Crippen LogP contribution in [-0.4, -0.2) is 13.0 Å². The highest BCUT2D eigenvalue weighted by atomic mass is 19.1. The van der Waals surface area contributed by atoms with E-state index in [1.807, 2.05) is 13.9 Å². The molecule has 1 aliphatic rings. The van der Waals surface area contributed by atoms with Crippen molar-refractivity contribution in [1.29, 1.82) is 0 Å². The van der Waals surface area contributed by atoms with Gasteiger partial charge in [0.1, 0.15) is 13.7 Å². The lowest BCUT2D eigenvalue weighted by Crippen LogP contribution is -2.35. The van der Waals surface area contributed by atoms with Crippen LogP contribution in [0.15, 0.2) is 18.2 Å². The number of hydrogen-bond donors (Lipinski definition) is 1. The van der Waals surface area contributed by atoms with Crippen molar-refractivity contribution in [2.75, 3.05) is 0 Å². The maximum absolute atomic E-state index is 13.7. The molecule has 0 amide bonds. The lowest BCUT2D eigenvalue weighted by molar-refractivity contribution is -0.00272. The predicted molar refractivity (Wildman–Crippen MR) is 61.6 cm³/mol. The molecule has 1 saturated carbocycles. The van der Waals surface area contributed by atoms with Gasteiger partial charge in [0, 0.05) is 5.56 Å². The maximum atomic E-state index is 13.7. The third-order valence-electron chi connectivity index (χ3n) is 3.37. The Morgan fingerprint density at radius 1 is 1.20 bits per heavy atom. The molecular weight excluding hydrogens is 190 g/mol. The molecule has 0 heterocycles. The average Bonchev–Trinajstić information content (AvgIpc) is 2.18.